The summed E-state index contributed by atoms with van der Waals surface area (Å²) in [6, 6.07) is 0. The first-order valence-corrected chi connectivity index (χ1v) is 5.43. The molecule has 0 heterocycles. The zero-order valence-electron chi connectivity index (χ0n) is 9.74. The maximum absolute atomic E-state index is 11.0. The molecule has 1 aliphatic carbocycles. The SMILES string of the molecule is O=C([O-])C1=CC=CC(C(=O)[O-])(S(=O)(=O)O)C1.[Na+].[Na+]. The third-order valence-corrected chi connectivity index (χ3v) is 3.55. The second-order valence-corrected chi connectivity index (χ2v) is 4.85. The average Bonchev–Trinajstić information content (AvgIpc) is 2.15. The van der Waals surface area contributed by atoms with Crippen molar-refractivity contribution in [2.75, 3.05) is 0 Å². The predicted molar refractivity (Wildman–Crippen MR) is 46.1 cm³/mol. The van der Waals surface area contributed by atoms with E-state index in [0.29, 0.717) is 6.08 Å². The second kappa shape index (κ2) is 7.20. The summed E-state index contributed by atoms with van der Waals surface area (Å²) in [6.45, 7) is 0. The molecule has 0 aliphatic heterocycles. The van der Waals surface area contributed by atoms with Gasteiger partial charge in [0, 0.05) is 6.42 Å². The molecule has 0 spiro atoms. The van der Waals surface area contributed by atoms with Gasteiger partial charge in [-0.25, -0.2) is 0 Å². The number of carbonyl (C=O) groups excluding carboxylic acids is 2. The molecular weight excluding hydrogens is 286 g/mol. The van der Waals surface area contributed by atoms with E-state index in [0.717, 1.165) is 12.2 Å². The number of rotatable bonds is 3. The summed E-state index contributed by atoms with van der Waals surface area (Å²) in [7, 11) is -5.03. The van der Waals surface area contributed by atoms with E-state index in [-0.39, 0.29) is 59.1 Å². The number of aliphatic carboxylic acids is 2. The number of hydrogen-bond donors (Lipinski definition) is 1. The Kier molecular flexibility index (Phi) is 8.26. The number of allylic oxidation sites excluding steroid dienone is 2. The van der Waals surface area contributed by atoms with Crippen LogP contribution in [0.2, 0.25) is 0 Å². The van der Waals surface area contributed by atoms with Gasteiger partial charge in [0.05, 0.1) is 11.9 Å². The third-order valence-electron chi connectivity index (χ3n) is 2.18. The smallest absolute Gasteiger partial charge is 0.548 e. The minimum atomic E-state index is -5.03. The number of carboxylic acids is 2. The number of carboxylic acid groups (broad SMARTS) is 2. The first-order chi connectivity index (χ1) is 7.21. The van der Waals surface area contributed by atoms with Gasteiger partial charge in [-0.05, 0) is 5.57 Å². The maximum Gasteiger partial charge on any atom is 1.00 e. The average molecular weight is 292 g/mol. The normalized spacial score (nSPS) is 22.2. The molecule has 0 aromatic heterocycles. The molecule has 88 valence electrons. The van der Waals surface area contributed by atoms with Gasteiger partial charge < -0.3 is 19.8 Å². The molecule has 7 nitrogen and oxygen atoms in total. The Bertz CT molecular complexity index is 508. The zero-order chi connectivity index (χ0) is 12.6. The molecule has 0 bridgehead atoms. The van der Waals surface area contributed by atoms with Crippen LogP contribution in [0.4, 0.5) is 0 Å². The monoisotopic (exact) mass is 292 g/mol. The Morgan fingerprint density at radius 2 is 1.78 bits per heavy atom. The van der Waals surface area contributed by atoms with Crippen LogP contribution in [0.15, 0.2) is 23.8 Å². The van der Waals surface area contributed by atoms with Gasteiger partial charge >= 0.3 is 59.1 Å². The van der Waals surface area contributed by atoms with Crippen molar-refractivity contribution in [1.29, 1.82) is 0 Å². The van der Waals surface area contributed by atoms with E-state index in [2.05, 4.69) is 0 Å². The fraction of sp³-hybridized carbons (Fsp3) is 0.250. The summed E-state index contributed by atoms with van der Waals surface area (Å²) < 4.78 is 28.0. The van der Waals surface area contributed by atoms with Crippen molar-refractivity contribution in [2.24, 2.45) is 0 Å². The summed E-state index contributed by atoms with van der Waals surface area (Å²) >= 11 is 0. The van der Waals surface area contributed by atoms with Crippen LogP contribution in [0.3, 0.4) is 0 Å². The Hall–Kier alpha value is 0.330. The molecule has 0 aromatic rings. The molecular formula is C8H6Na2O7S. The summed E-state index contributed by atoms with van der Waals surface area (Å²) in [5.41, 5.74) is -0.552. The van der Waals surface area contributed by atoms with E-state index < -0.39 is 38.8 Å². The summed E-state index contributed by atoms with van der Waals surface area (Å²) in [4.78, 5) is 21.2. The molecule has 0 fully saturated rings. The molecule has 1 rings (SSSR count). The van der Waals surface area contributed by atoms with Crippen molar-refractivity contribution in [3.63, 3.8) is 0 Å². The fourth-order valence-electron chi connectivity index (χ4n) is 1.28. The topological polar surface area (TPSA) is 135 Å². The van der Waals surface area contributed by atoms with Gasteiger partial charge in [0.2, 0.25) is 0 Å². The molecule has 0 saturated carbocycles. The largest absolute Gasteiger partial charge is 1.00 e. The number of hydrogen-bond acceptors (Lipinski definition) is 6. The van der Waals surface area contributed by atoms with E-state index in [1.54, 1.807) is 0 Å². The minimum absolute atomic E-state index is 0. The van der Waals surface area contributed by atoms with E-state index in [9.17, 15) is 28.2 Å². The van der Waals surface area contributed by atoms with Gasteiger partial charge in [0.25, 0.3) is 10.1 Å². The van der Waals surface area contributed by atoms with Crippen LogP contribution in [-0.4, -0.2) is 29.7 Å². The molecule has 0 radical (unpaired) electrons. The molecule has 1 atom stereocenters. The van der Waals surface area contributed by atoms with Crippen molar-refractivity contribution in [2.45, 2.75) is 11.2 Å². The Labute approximate surface area is 147 Å². The van der Waals surface area contributed by atoms with E-state index >= 15 is 0 Å². The van der Waals surface area contributed by atoms with Crippen LogP contribution in [0.1, 0.15) is 6.42 Å². The van der Waals surface area contributed by atoms with E-state index in [4.69, 9.17) is 4.55 Å². The van der Waals surface area contributed by atoms with Crippen molar-refractivity contribution in [3.8, 4) is 0 Å². The van der Waals surface area contributed by atoms with Crippen molar-refractivity contribution in [1.82, 2.24) is 0 Å². The predicted octanol–water partition coefficient (Wildman–Crippen LogP) is -8.99. The fourth-order valence-corrected chi connectivity index (χ4v) is 2.08. The van der Waals surface area contributed by atoms with E-state index in [1.165, 1.54) is 0 Å². The summed E-state index contributed by atoms with van der Waals surface area (Å²) in [5.74, 6) is -3.81. The summed E-state index contributed by atoms with van der Waals surface area (Å²) in [6.07, 6.45) is 1.61. The first kappa shape index (κ1) is 20.6. The molecule has 0 amide bonds. The quantitative estimate of drug-likeness (QED) is 0.403. The van der Waals surface area contributed by atoms with Crippen molar-refractivity contribution >= 4 is 22.1 Å². The van der Waals surface area contributed by atoms with Crippen molar-refractivity contribution < 1.29 is 91.9 Å². The Balaban J connectivity index is 0. The van der Waals surface area contributed by atoms with Crippen molar-refractivity contribution in [3.05, 3.63) is 23.8 Å². The van der Waals surface area contributed by atoms with Crippen LogP contribution < -0.4 is 69.3 Å². The van der Waals surface area contributed by atoms with Gasteiger partial charge in [-0.3, -0.25) is 4.55 Å². The molecule has 1 unspecified atom stereocenters. The van der Waals surface area contributed by atoms with Crippen LogP contribution in [0.25, 0.3) is 0 Å². The van der Waals surface area contributed by atoms with Gasteiger partial charge in [0.1, 0.15) is 0 Å². The molecule has 10 heteroatoms. The van der Waals surface area contributed by atoms with Gasteiger partial charge in [-0.15, -0.1) is 0 Å². The second-order valence-electron chi connectivity index (χ2n) is 3.17. The molecule has 18 heavy (non-hydrogen) atoms. The van der Waals surface area contributed by atoms with Crippen LogP contribution in [0.5, 0.6) is 0 Å². The van der Waals surface area contributed by atoms with Gasteiger partial charge in [0.15, 0.2) is 4.75 Å². The van der Waals surface area contributed by atoms with Crippen LogP contribution in [0, 0.1) is 0 Å². The first-order valence-electron chi connectivity index (χ1n) is 3.99. The zero-order valence-corrected chi connectivity index (χ0v) is 14.6. The molecule has 1 N–H and O–H groups in total. The maximum atomic E-state index is 11.0. The standard InChI is InChI=1S/C8H8O7S.2Na/c9-6(10)5-2-1-3-8(4-5,7(11)12)16(13,14)15;;/h1-3H,4H2,(H,9,10)(H,11,12)(H,13,14,15);;/q;2*+1/p-2. The minimum Gasteiger partial charge on any atom is -0.548 e. The Morgan fingerprint density at radius 3 is 2.11 bits per heavy atom. The molecule has 0 saturated heterocycles. The molecule has 1 aliphatic rings. The van der Waals surface area contributed by atoms with Gasteiger partial charge in [-0.1, -0.05) is 18.2 Å². The third kappa shape index (κ3) is 3.91. The van der Waals surface area contributed by atoms with Crippen LogP contribution >= 0.6 is 0 Å². The number of carbonyl (C=O) groups is 2. The van der Waals surface area contributed by atoms with Crippen LogP contribution in [-0.2, 0) is 19.7 Å². The van der Waals surface area contributed by atoms with E-state index in [1.807, 2.05) is 0 Å². The Morgan fingerprint density at radius 1 is 1.28 bits per heavy atom. The molecule has 0 aromatic carbocycles. The van der Waals surface area contributed by atoms with Gasteiger partial charge in [-0.2, -0.15) is 8.42 Å². The summed E-state index contributed by atoms with van der Waals surface area (Å²) in [5, 5.41) is 21.2.